The fraction of sp³-hybridized carbons (Fsp3) is 0.294. The second-order valence-corrected chi connectivity index (χ2v) is 6.41. The lowest BCUT2D eigenvalue weighted by atomic mass is 9.93. The molecule has 1 aliphatic carbocycles. The topological polar surface area (TPSA) is 26.0 Å². The van der Waals surface area contributed by atoms with Crippen molar-refractivity contribution in [1.29, 1.82) is 0 Å². The van der Waals surface area contributed by atoms with E-state index in [4.69, 9.17) is 5.73 Å². The highest BCUT2D eigenvalue weighted by Crippen LogP contribution is 2.47. The molecule has 0 aliphatic heterocycles. The summed E-state index contributed by atoms with van der Waals surface area (Å²) in [5.74, 6) is 0. The Hall–Kier alpha value is -1.12. The largest absolute Gasteiger partial charge is 0.330 e. The number of rotatable bonds is 4. The number of hydrogen-bond acceptors (Lipinski definition) is 1. The highest BCUT2D eigenvalue weighted by atomic mass is 79.9. The second-order valence-electron chi connectivity index (χ2n) is 5.49. The van der Waals surface area contributed by atoms with E-state index in [0.717, 1.165) is 17.4 Å². The predicted octanol–water partition coefficient (Wildman–Crippen LogP) is 4.03. The van der Waals surface area contributed by atoms with Gasteiger partial charge in [-0.25, -0.2) is 0 Å². The van der Waals surface area contributed by atoms with Crippen molar-refractivity contribution in [2.45, 2.75) is 24.7 Å². The van der Waals surface area contributed by atoms with Crippen LogP contribution in [-0.4, -0.2) is 6.54 Å². The monoisotopic (exact) mass is 315 g/mol. The minimum atomic E-state index is 0.285. The van der Waals surface area contributed by atoms with Crippen LogP contribution in [0.2, 0.25) is 0 Å². The molecule has 2 aromatic carbocycles. The molecule has 1 nitrogen and oxygen atoms in total. The van der Waals surface area contributed by atoms with Crippen molar-refractivity contribution >= 4 is 15.9 Å². The number of halogens is 1. The first-order chi connectivity index (χ1) is 9.22. The van der Waals surface area contributed by atoms with Crippen LogP contribution in [0.3, 0.4) is 0 Å². The van der Waals surface area contributed by atoms with E-state index in [1.165, 1.54) is 29.5 Å². The minimum Gasteiger partial charge on any atom is -0.330 e. The molecule has 0 atom stereocenters. The van der Waals surface area contributed by atoms with Crippen LogP contribution in [0, 0.1) is 0 Å². The molecule has 0 amide bonds. The van der Waals surface area contributed by atoms with E-state index in [-0.39, 0.29) is 5.41 Å². The predicted molar refractivity (Wildman–Crippen MR) is 83.4 cm³/mol. The Bertz CT molecular complexity index is 587. The average molecular weight is 316 g/mol. The molecule has 0 saturated heterocycles. The van der Waals surface area contributed by atoms with Gasteiger partial charge in [0.05, 0.1) is 0 Å². The summed E-state index contributed by atoms with van der Waals surface area (Å²) in [6, 6.07) is 17.4. The van der Waals surface area contributed by atoms with E-state index in [2.05, 4.69) is 64.5 Å². The Labute approximate surface area is 123 Å². The molecule has 1 saturated carbocycles. The second kappa shape index (κ2) is 5.10. The Morgan fingerprint density at radius 2 is 1.68 bits per heavy atom. The molecule has 0 radical (unpaired) electrons. The molecule has 0 unspecified atom stereocenters. The van der Waals surface area contributed by atoms with Gasteiger partial charge in [0, 0.05) is 16.4 Å². The summed E-state index contributed by atoms with van der Waals surface area (Å²) in [6.07, 6.45) is 3.46. The highest BCUT2D eigenvalue weighted by Gasteiger charge is 2.42. The third kappa shape index (κ3) is 2.75. The van der Waals surface area contributed by atoms with Crippen LogP contribution < -0.4 is 5.73 Å². The number of nitrogens with two attached hydrogens (primary N) is 1. The molecule has 98 valence electrons. The van der Waals surface area contributed by atoms with E-state index in [1.54, 1.807) is 0 Å². The van der Waals surface area contributed by atoms with Gasteiger partial charge in [-0.15, -0.1) is 0 Å². The van der Waals surface area contributed by atoms with Crippen molar-refractivity contribution in [3.05, 3.63) is 69.7 Å². The van der Waals surface area contributed by atoms with Crippen LogP contribution in [0.4, 0.5) is 0 Å². The maximum Gasteiger partial charge on any atom is 0.0178 e. The first kappa shape index (κ1) is 12.9. The molecule has 0 spiro atoms. The molecular formula is C17H18BrN. The van der Waals surface area contributed by atoms with Gasteiger partial charge in [-0.3, -0.25) is 0 Å². The van der Waals surface area contributed by atoms with Gasteiger partial charge in [0.15, 0.2) is 0 Å². The average Bonchev–Trinajstić information content (AvgIpc) is 3.20. The highest BCUT2D eigenvalue weighted by molar-refractivity contribution is 9.10. The summed E-state index contributed by atoms with van der Waals surface area (Å²) in [5.41, 5.74) is 10.3. The van der Waals surface area contributed by atoms with Crippen molar-refractivity contribution in [1.82, 2.24) is 0 Å². The van der Waals surface area contributed by atoms with Crippen molar-refractivity contribution in [3.8, 4) is 0 Å². The third-order valence-corrected chi connectivity index (χ3v) is 4.57. The number of hydrogen-bond donors (Lipinski definition) is 1. The van der Waals surface area contributed by atoms with Gasteiger partial charge in [-0.05, 0) is 48.1 Å². The summed E-state index contributed by atoms with van der Waals surface area (Å²) >= 11 is 3.53. The maximum absolute atomic E-state index is 5.92. The van der Waals surface area contributed by atoms with Gasteiger partial charge in [0.25, 0.3) is 0 Å². The lowest BCUT2D eigenvalue weighted by Gasteiger charge is -2.14. The van der Waals surface area contributed by atoms with Gasteiger partial charge in [-0.1, -0.05) is 52.3 Å². The molecule has 0 aromatic heterocycles. The Balaban J connectivity index is 1.84. The first-order valence-electron chi connectivity index (χ1n) is 6.76. The molecule has 1 fully saturated rings. The Morgan fingerprint density at radius 1 is 1.00 bits per heavy atom. The summed E-state index contributed by atoms with van der Waals surface area (Å²) < 4.78 is 1.14. The van der Waals surface area contributed by atoms with E-state index in [1.807, 2.05) is 0 Å². The van der Waals surface area contributed by atoms with Crippen molar-refractivity contribution < 1.29 is 0 Å². The van der Waals surface area contributed by atoms with Crippen LogP contribution in [0.5, 0.6) is 0 Å². The van der Waals surface area contributed by atoms with Crippen molar-refractivity contribution in [3.63, 3.8) is 0 Å². The molecule has 2 aromatic rings. The van der Waals surface area contributed by atoms with E-state index >= 15 is 0 Å². The van der Waals surface area contributed by atoms with Gasteiger partial charge < -0.3 is 5.73 Å². The van der Waals surface area contributed by atoms with Crippen molar-refractivity contribution in [2.24, 2.45) is 5.73 Å². The quantitative estimate of drug-likeness (QED) is 0.905. The molecule has 2 heteroatoms. The van der Waals surface area contributed by atoms with Gasteiger partial charge in [0.2, 0.25) is 0 Å². The van der Waals surface area contributed by atoms with Gasteiger partial charge >= 0.3 is 0 Å². The standard InChI is InChI=1S/C17H18BrN/c18-16-6-2-4-14(11-16)9-13-3-1-5-15(10-13)17(12-19)7-8-17/h1-6,10-11H,7-9,12,19H2. The summed E-state index contributed by atoms with van der Waals surface area (Å²) in [6.45, 7) is 0.771. The van der Waals surface area contributed by atoms with Crippen LogP contribution in [0.1, 0.15) is 29.5 Å². The van der Waals surface area contributed by atoms with E-state index in [9.17, 15) is 0 Å². The molecule has 0 bridgehead atoms. The zero-order chi connectivity index (χ0) is 13.3. The normalized spacial score (nSPS) is 16.3. The van der Waals surface area contributed by atoms with E-state index in [0.29, 0.717) is 0 Å². The molecule has 0 heterocycles. The smallest absolute Gasteiger partial charge is 0.0178 e. The lowest BCUT2D eigenvalue weighted by molar-refractivity contribution is 0.703. The Morgan fingerprint density at radius 3 is 2.32 bits per heavy atom. The van der Waals surface area contributed by atoms with Crippen molar-refractivity contribution in [2.75, 3.05) is 6.54 Å². The van der Waals surface area contributed by atoms with E-state index < -0.39 is 0 Å². The summed E-state index contributed by atoms with van der Waals surface area (Å²) in [5, 5.41) is 0. The van der Waals surface area contributed by atoms with Crippen LogP contribution in [-0.2, 0) is 11.8 Å². The maximum atomic E-state index is 5.92. The van der Waals surface area contributed by atoms with Gasteiger partial charge in [-0.2, -0.15) is 0 Å². The SMILES string of the molecule is NCC1(c2cccc(Cc3cccc(Br)c3)c2)CC1. The summed E-state index contributed by atoms with van der Waals surface area (Å²) in [7, 11) is 0. The number of benzene rings is 2. The minimum absolute atomic E-state index is 0.285. The summed E-state index contributed by atoms with van der Waals surface area (Å²) in [4.78, 5) is 0. The van der Waals surface area contributed by atoms with Crippen LogP contribution in [0.25, 0.3) is 0 Å². The molecule has 3 rings (SSSR count). The van der Waals surface area contributed by atoms with Crippen LogP contribution >= 0.6 is 15.9 Å². The van der Waals surface area contributed by atoms with Gasteiger partial charge in [0.1, 0.15) is 0 Å². The zero-order valence-electron chi connectivity index (χ0n) is 10.9. The fourth-order valence-corrected chi connectivity index (χ4v) is 3.10. The third-order valence-electron chi connectivity index (χ3n) is 4.08. The molecular weight excluding hydrogens is 298 g/mol. The first-order valence-corrected chi connectivity index (χ1v) is 7.55. The lowest BCUT2D eigenvalue weighted by Crippen LogP contribution is -2.19. The molecule has 19 heavy (non-hydrogen) atoms. The fourth-order valence-electron chi connectivity index (χ4n) is 2.66. The zero-order valence-corrected chi connectivity index (χ0v) is 12.5. The Kier molecular flexibility index (Phi) is 3.46. The molecule has 2 N–H and O–H groups in total. The van der Waals surface area contributed by atoms with Crippen LogP contribution in [0.15, 0.2) is 53.0 Å². The molecule has 1 aliphatic rings.